The molecular formula is C30H31ClN4O5S. The number of carbonyl (C=O) groups is 1. The molecule has 0 aliphatic carbocycles. The smallest absolute Gasteiger partial charge is 0.241 e. The van der Waals surface area contributed by atoms with E-state index in [2.05, 4.69) is 14.7 Å². The Bertz CT molecular complexity index is 1610. The van der Waals surface area contributed by atoms with Gasteiger partial charge in [0.15, 0.2) is 11.5 Å². The van der Waals surface area contributed by atoms with Gasteiger partial charge in [0.2, 0.25) is 11.7 Å². The van der Waals surface area contributed by atoms with E-state index in [1.54, 1.807) is 28.4 Å². The number of methoxy groups -OCH3 is 4. The van der Waals surface area contributed by atoms with Crippen LogP contribution in [0, 0.1) is 0 Å². The van der Waals surface area contributed by atoms with Gasteiger partial charge in [-0.25, -0.2) is 0 Å². The Morgan fingerprint density at radius 1 is 0.927 bits per heavy atom. The molecule has 0 saturated carbocycles. The van der Waals surface area contributed by atoms with Crippen molar-refractivity contribution in [3.05, 3.63) is 71.7 Å². The van der Waals surface area contributed by atoms with E-state index in [9.17, 15) is 4.79 Å². The van der Waals surface area contributed by atoms with Crippen LogP contribution in [0.15, 0.2) is 66.0 Å². The molecule has 0 saturated heterocycles. The molecular weight excluding hydrogens is 564 g/mol. The molecule has 214 valence electrons. The fourth-order valence-corrected chi connectivity index (χ4v) is 5.35. The number of hydrogen-bond donors (Lipinski definition) is 3. The van der Waals surface area contributed by atoms with Crippen molar-refractivity contribution in [2.45, 2.75) is 12.5 Å². The van der Waals surface area contributed by atoms with Crippen LogP contribution >= 0.6 is 23.9 Å². The second-order valence-electron chi connectivity index (χ2n) is 9.09. The summed E-state index contributed by atoms with van der Waals surface area (Å²) in [6, 6.07) is 18.5. The zero-order chi connectivity index (χ0) is 28.2. The van der Waals surface area contributed by atoms with Gasteiger partial charge in [-0.1, -0.05) is 24.3 Å². The fraction of sp³-hybridized carbons (Fsp3) is 0.200. The summed E-state index contributed by atoms with van der Waals surface area (Å²) in [6.45, 7) is 0. The number of benzene rings is 3. The Labute approximate surface area is 248 Å². The summed E-state index contributed by atoms with van der Waals surface area (Å²) in [4.78, 5) is 16.5. The number of nitrogens with zero attached hydrogens (tertiary/aromatic N) is 1. The van der Waals surface area contributed by atoms with Gasteiger partial charge in [0.1, 0.15) is 5.75 Å². The number of carbonyl (C=O) groups excluding carboxylic acids is 1. The van der Waals surface area contributed by atoms with Crippen LogP contribution in [0.25, 0.3) is 33.3 Å². The molecule has 4 N–H and O–H groups in total. The van der Waals surface area contributed by atoms with Crippen molar-refractivity contribution in [3.63, 3.8) is 0 Å². The molecule has 5 rings (SSSR count). The number of amides is 1. The highest BCUT2D eigenvalue weighted by atomic mass is 35.5. The number of fused-ring (bicyclic) bond motifs is 1. The molecule has 5 aromatic rings. The van der Waals surface area contributed by atoms with Gasteiger partial charge in [-0.15, -0.1) is 12.4 Å². The summed E-state index contributed by atoms with van der Waals surface area (Å²) in [6.07, 6.45) is 0.363. The van der Waals surface area contributed by atoms with Crippen molar-refractivity contribution in [2.75, 3.05) is 33.8 Å². The van der Waals surface area contributed by atoms with Crippen LogP contribution < -0.4 is 30.0 Å². The molecule has 2 aromatic heterocycles. The molecule has 2 heterocycles. The Hall–Kier alpha value is -4.25. The third kappa shape index (κ3) is 6.09. The van der Waals surface area contributed by atoms with Crippen molar-refractivity contribution >= 4 is 46.4 Å². The van der Waals surface area contributed by atoms with Crippen LogP contribution in [0.3, 0.4) is 0 Å². The van der Waals surface area contributed by atoms with Crippen LogP contribution in [0.2, 0.25) is 0 Å². The minimum atomic E-state index is -0.765. The molecule has 0 aliphatic rings. The number of aromatic nitrogens is 2. The highest BCUT2D eigenvalue weighted by molar-refractivity contribution is 7.04. The van der Waals surface area contributed by atoms with E-state index in [0.717, 1.165) is 39.0 Å². The summed E-state index contributed by atoms with van der Waals surface area (Å²) >= 11 is 1.33. The van der Waals surface area contributed by atoms with Gasteiger partial charge in [-0.05, 0) is 58.9 Å². The number of para-hydroxylation sites is 1. The maximum absolute atomic E-state index is 13.1. The third-order valence-electron chi connectivity index (χ3n) is 6.64. The molecule has 0 radical (unpaired) electrons. The first-order valence-corrected chi connectivity index (χ1v) is 13.4. The number of ether oxygens (including phenoxy) is 4. The van der Waals surface area contributed by atoms with E-state index in [1.807, 2.05) is 66.0 Å². The van der Waals surface area contributed by atoms with Crippen molar-refractivity contribution < 1.29 is 23.7 Å². The van der Waals surface area contributed by atoms with Gasteiger partial charge in [0.25, 0.3) is 0 Å². The summed E-state index contributed by atoms with van der Waals surface area (Å²) in [7, 11) is 6.27. The monoisotopic (exact) mass is 594 g/mol. The predicted octanol–water partition coefficient (Wildman–Crippen LogP) is 5.92. The lowest BCUT2D eigenvalue weighted by atomic mass is 10.0. The normalized spacial score (nSPS) is 11.4. The SMILES string of the molecule is COc1ccc(-c2csnc2-c2cc(OC)c(OC)c(OC)c2)cc1NC(=O)C(N)Cc1cc2ccccc2[nH]1.Cl. The Morgan fingerprint density at radius 2 is 1.63 bits per heavy atom. The molecule has 1 unspecified atom stereocenters. The summed E-state index contributed by atoms with van der Waals surface area (Å²) in [5.74, 6) is 1.77. The van der Waals surface area contributed by atoms with E-state index in [0.29, 0.717) is 35.1 Å². The predicted molar refractivity (Wildman–Crippen MR) is 165 cm³/mol. The lowest BCUT2D eigenvalue weighted by Crippen LogP contribution is -2.37. The highest BCUT2D eigenvalue weighted by Gasteiger charge is 2.21. The molecule has 0 spiro atoms. The van der Waals surface area contributed by atoms with Crippen LogP contribution in [0.1, 0.15) is 5.69 Å². The van der Waals surface area contributed by atoms with Gasteiger partial charge in [-0.2, -0.15) is 4.37 Å². The van der Waals surface area contributed by atoms with E-state index in [4.69, 9.17) is 24.7 Å². The number of aromatic amines is 1. The fourth-order valence-electron chi connectivity index (χ4n) is 4.64. The van der Waals surface area contributed by atoms with Crippen LogP contribution in [-0.4, -0.2) is 49.7 Å². The van der Waals surface area contributed by atoms with Gasteiger partial charge in [0.05, 0.1) is 45.9 Å². The number of nitrogens with one attached hydrogen (secondary N) is 2. The summed E-state index contributed by atoms with van der Waals surface area (Å²) < 4.78 is 26.7. The van der Waals surface area contributed by atoms with E-state index >= 15 is 0 Å². The third-order valence-corrected chi connectivity index (χ3v) is 7.27. The second kappa shape index (κ2) is 12.9. The largest absolute Gasteiger partial charge is 0.495 e. The first kappa shape index (κ1) is 29.7. The maximum Gasteiger partial charge on any atom is 0.241 e. The standard InChI is InChI=1S/C30H30N4O5S.ClH/c1-36-25-10-9-17(21-16-40-34-28(21)19-13-26(37-2)29(39-4)27(14-19)38-3)12-24(25)33-30(35)22(31)15-20-11-18-7-5-6-8-23(18)32-20;/h5-14,16,22,32H,15,31H2,1-4H3,(H,33,35);1H. The lowest BCUT2D eigenvalue weighted by Gasteiger charge is -2.16. The van der Waals surface area contributed by atoms with Gasteiger partial charge in [-0.3, -0.25) is 4.79 Å². The number of H-pyrrole nitrogens is 1. The molecule has 9 nitrogen and oxygen atoms in total. The molecule has 1 atom stereocenters. The molecule has 0 bridgehead atoms. The number of rotatable bonds is 10. The van der Waals surface area contributed by atoms with Crippen molar-refractivity contribution in [2.24, 2.45) is 5.73 Å². The molecule has 1 amide bonds. The van der Waals surface area contributed by atoms with Crippen molar-refractivity contribution in [1.82, 2.24) is 9.36 Å². The molecule has 3 aromatic carbocycles. The average Bonchev–Trinajstić information content (AvgIpc) is 3.63. The number of halogens is 1. The molecule has 0 fully saturated rings. The lowest BCUT2D eigenvalue weighted by molar-refractivity contribution is -0.117. The minimum Gasteiger partial charge on any atom is -0.495 e. The van der Waals surface area contributed by atoms with E-state index < -0.39 is 6.04 Å². The van der Waals surface area contributed by atoms with Gasteiger partial charge in [0, 0.05) is 34.1 Å². The molecule has 11 heteroatoms. The van der Waals surface area contributed by atoms with Gasteiger partial charge < -0.3 is 35.0 Å². The van der Waals surface area contributed by atoms with Gasteiger partial charge >= 0.3 is 0 Å². The maximum atomic E-state index is 13.1. The second-order valence-corrected chi connectivity index (χ2v) is 9.72. The van der Waals surface area contributed by atoms with Crippen LogP contribution in [0.4, 0.5) is 5.69 Å². The zero-order valence-electron chi connectivity index (χ0n) is 23.0. The summed E-state index contributed by atoms with van der Waals surface area (Å²) in [5, 5.41) is 5.98. The van der Waals surface area contributed by atoms with Crippen LogP contribution in [0.5, 0.6) is 23.0 Å². The van der Waals surface area contributed by atoms with E-state index in [1.165, 1.54) is 11.5 Å². The Kier molecular flexibility index (Phi) is 9.38. The Balaban J connectivity index is 0.00000387. The van der Waals surface area contributed by atoms with Crippen molar-refractivity contribution in [1.29, 1.82) is 0 Å². The highest BCUT2D eigenvalue weighted by Crippen LogP contribution is 2.44. The number of hydrogen-bond acceptors (Lipinski definition) is 8. The number of anilines is 1. The van der Waals surface area contributed by atoms with E-state index in [-0.39, 0.29) is 18.3 Å². The first-order valence-electron chi connectivity index (χ1n) is 12.5. The quantitative estimate of drug-likeness (QED) is 0.183. The van der Waals surface area contributed by atoms with Crippen molar-refractivity contribution in [3.8, 4) is 45.4 Å². The topological polar surface area (TPSA) is 121 Å². The zero-order valence-corrected chi connectivity index (χ0v) is 24.7. The summed E-state index contributed by atoms with van der Waals surface area (Å²) in [5.41, 5.74) is 12.0. The molecule has 41 heavy (non-hydrogen) atoms. The van der Waals surface area contributed by atoms with Crippen LogP contribution in [-0.2, 0) is 11.2 Å². The molecule has 0 aliphatic heterocycles. The average molecular weight is 595 g/mol. The number of nitrogens with two attached hydrogens (primary N) is 1. The first-order chi connectivity index (χ1) is 19.4. The Morgan fingerprint density at radius 3 is 2.29 bits per heavy atom. The minimum absolute atomic E-state index is 0.